The van der Waals surface area contributed by atoms with E-state index >= 15 is 0 Å². The van der Waals surface area contributed by atoms with Gasteiger partial charge in [-0.15, -0.1) is 10.2 Å². The number of para-hydroxylation sites is 1. The zero-order valence-electron chi connectivity index (χ0n) is 22.3. The van der Waals surface area contributed by atoms with Crippen LogP contribution in [0.1, 0.15) is 57.0 Å². The minimum Gasteiger partial charge on any atom is -0.474 e. The van der Waals surface area contributed by atoms with Crippen molar-refractivity contribution in [3.05, 3.63) is 69.6 Å². The number of halogens is 1. The Morgan fingerprint density at radius 3 is 2.72 bits per heavy atom. The van der Waals surface area contributed by atoms with E-state index in [2.05, 4.69) is 20.5 Å². The summed E-state index contributed by atoms with van der Waals surface area (Å²) in [5, 5.41) is 11.9. The van der Waals surface area contributed by atoms with Crippen molar-refractivity contribution >= 4 is 23.2 Å². The van der Waals surface area contributed by atoms with E-state index < -0.39 is 0 Å². The molecule has 1 aliphatic carbocycles. The average molecular weight is 551 g/mol. The molecule has 10 nitrogen and oxygen atoms in total. The number of nitrogens with zero attached hydrogens (tertiary/aromatic N) is 5. The highest BCUT2D eigenvalue weighted by atomic mass is 35.5. The number of anilines is 1. The second-order valence-electron chi connectivity index (χ2n) is 10.1. The quantitative estimate of drug-likeness (QED) is 0.332. The molecule has 3 heterocycles. The Balaban J connectivity index is 1.33. The van der Waals surface area contributed by atoms with E-state index in [1.807, 2.05) is 51.1 Å². The van der Waals surface area contributed by atoms with Crippen LogP contribution in [0.3, 0.4) is 0 Å². The molecule has 39 heavy (non-hydrogen) atoms. The Morgan fingerprint density at radius 1 is 1.21 bits per heavy atom. The van der Waals surface area contributed by atoms with E-state index in [0.29, 0.717) is 46.6 Å². The van der Waals surface area contributed by atoms with Crippen LogP contribution in [0.2, 0.25) is 5.02 Å². The smallest absolute Gasteiger partial charge is 0.295 e. The number of amides is 1. The molecule has 0 bridgehead atoms. The van der Waals surface area contributed by atoms with Crippen molar-refractivity contribution in [1.82, 2.24) is 24.5 Å². The van der Waals surface area contributed by atoms with Crippen LogP contribution in [0.15, 0.2) is 51.8 Å². The summed E-state index contributed by atoms with van der Waals surface area (Å²) in [5.74, 6) is 0.525. The van der Waals surface area contributed by atoms with Crippen LogP contribution in [0.4, 0.5) is 5.69 Å². The van der Waals surface area contributed by atoms with Gasteiger partial charge >= 0.3 is 0 Å². The fourth-order valence-electron chi connectivity index (χ4n) is 5.00. The molecule has 1 saturated carbocycles. The Morgan fingerprint density at radius 2 is 1.97 bits per heavy atom. The molecule has 1 N–H and O–H groups in total. The topological polar surface area (TPSA) is 117 Å². The fraction of sp³-hybridized carbons (Fsp3) is 0.393. The van der Waals surface area contributed by atoms with Gasteiger partial charge in [0.05, 0.1) is 22.5 Å². The highest BCUT2D eigenvalue weighted by Gasteiger charge is 2.32. The van der Waals surface area contributed by atoms with Crippen molar-refractivity contribution in [2.75, 3.05) is 5.32 Å². The Bertz CT molecular complexity index is 1540. The lowest BCUT2D eigenvalue weighted by molar-refractivity contribution is -0.121. The van der Waals surface area contributed by atoms with E-state index in [1.165, 1.54) is 6.20 Å². The number of aromatic nitrogens is 5. The van der Waals surface area contributed by atoms with E-state index in [0.717, 1.165) is 18.5 Å². The minimum absolute atomic E-state index is 0.0878. The van der Waals surface area contributed by atoms with Crippen LogP contribution in [0.5, 0.6) is 5.88 Å². The predicted octanol–water partition coefficient (Wildman–Crippen LogP) is 5.28. The summed E-state index contributed by atoms with van der Waals surface area (Å²) in [6.45, 7) is 5.63. The lowest BCUT2D eigenvalue weighted by Crippen LogP contribution is -2.30. The maximum absolute atomic E-state index is 13.3. The lowest BCUT2D eigenvalue weighted by Gasteiger charge is -2.26. The van der Waals surface area contributed by atoms with Gasteiger partial charge in [-0.05, 0) is 58.2 Å². The third kappa shape index (κ3) is 5.47. The van der Waals surface area contributed by atoms with Gasteiger partial charge in [0.2, 0.25) is 17.7 Å². The number of benzene rings is 1. The van der Waals surface area contributed by atoms with Crippen LogP contribution in [0.25, 0.3) is 17.1 Å². The molecule has 0 spiro atoms. The number of rotatable bonds is 7. The number of hydrogen-bond donors (Lipinski definition) is 1. The van der Waals surface area contributed by atoms with Crippen molar-refractivity contribution in [3.63, 3.8) is 0 Å². The fourth-order valence-corrected chi connectivity index (χ4v) is 5.15. The molecule has 3 aromatic heterocycles. The predicted molar refractivity (Wildman–Crippen MR) is 147 cm³/mol. The Hall–Kier alpha value is -3.92. The van der Waals surface area contributed by atoms with Gasteiger partial charge in [0, 0.05) is 25.1 Å². The molecule has 1 amide bonds. The van der Waals surface area contributed by atoms with E-state index in [-0.39, 0.29) is 35.3 Å². The maximum Gasteiger partial charge on any atom is 0.295 e. The Kier molecular flexibility index (Phi) is 7.56. The highest BCUT2D eigenvalue weighted by molar-refractivity contribution is 6.30. The monoisotopic (exact) mass is 550 g/mol. The maximum atomic E-state index is 13.3. The molecule has 204 valence electrons. The second kappa shape index (κ2) is 11.1. The van der Waals surface area contributed by atoms with Crippen molar-refractivity contribution in [3.8, 4) is 23.0 Å². The molecular weight excluding hydrogens is 520 g/mol. The first kappa shape index (κ1) is 26.7. The molecule has 0 aliphatic heterocycles. The molecule has 1 aliphatic rings. The van der Waals surface area contributed by atoms with Gasteiger partial charge in [0.15, 0.2) is 0 Å². The number of hydrogen-bond acceptors (Lipinski definition) is 7. The summed E-state index contributed by atoms with van der Waals surface area (Å²) >= 11 is 6.17. The largest absolute Gasteiger partial charge is 0.474 e. The van der Waals surface area contributed by atoms with Crippen molar-refractivity contribution in [2.24, 2.45) is 13.0 Å². The van der Waals surface area contributed by atoms with Crippen molar-refractivity contribution in [2.45, 2.75) is 58.5 Å². The van der Waals surface area contributed by atoms with Gasteiger partial charge in [-0.1, -0.05) is 36.2 Å². The third-order valence-corrected chi connectivity index (χ3v) is 7.24. The van der Waals surface area contributed by atoms with E-state index in [9.17, 15) is 9.59 Å². The van der Waals surface area contributed by atoms with Crippen LogP contribution >= 0.6 is 11.6 Å². The lowest BCUT2D eigenvalue weighted by atomic mass is 9.81. The molecule has 1 aromatic carbocycles. The standard InChI is InChI=1S/C28H31ClN6O4/c1-16(2)38-26-22(14-20(29)15-30-26)27-33-32-25(39-27)19-10-8-9-18(13-19)24(36)31-23-17(3)34(4)35(28(23)37)21-11-6-5-7-12-21/h5-7,11-12,14-16,18-19H,8-10,13H2,1-4H3,(H,31,36)/t18-,19+/m1/s1. The Labute approximate surface area is 231 Å². The first-order valence-corrected chi connectivity index (χ1v) is 13.4. The summed E-state index contributed by atoms with van der Waals surface area (Å²) < 4.78 is 15.1. The number of carbonyl (C=O) groups is 1. The van der Waals surface area contributed by atoms with E-state index in [1.54, 1.807) is 22.5 Å². The minimum atomic E-state index is -0.295. The van der Waals surface area contributed by atoms with E-state index in [4.69, 9.17) is 20.8 Å². The molecule has 11 heteroatoms. The highest BCUT2D eigenvalue weighted by Crippen LogP contribution is 2.38. The van der Waals surface area contributed by atoms with Gasteiger partial charge in [-0.25, -0.2) is 9.67 Å². The average Bonchev–Trinajstić information content (AvgIpc) is 3.50. The van der Waals surface area contributed by atoms with Gasteiger partial charge in [-0.3, -0.25) is 14.3 Å². The summed E-state index contributed by atoms with van der Waals surface area (Å²) in [6.07, 6.45) is 4.31. The zero-order chi connectivity index (χ0) is 27.7. The number of ether oxygens (including phenoxy) is 1. The SMILES string of the molecule is Cc1c(NC(=O)[C@@H]2CCC[C@H](c3nnc(-c4cc(Cl)cnc4OC(C)C)o3)C2)c(=O)n(-c2ccccc2)n1C. The van der Waals surface area contributed by atoms with Crippen LogP contribution in [-0.2, 0) is 11.8 Å². The van der Waals surface area contributed by atoms with Gasteiger partial charge < -0.3 is 14.5 Å². The van der Waals surface area contributed by atoms with Crippen LogP contribution in [0, 0.1) is 12.8 Å². The molecule has 0 radical (unpaired) electrons. The zero-order valence-corrected chi connectivity index (χ0v) is 23.1. The van der Waals surface area contributed by atoms with Crippen molar-refractivity contribution in [1.29, 1.82) is 0 Å². The summed E-state index contributed by atoms with van der Waals surface area (Å²) in [6, 6.07) is 11.0. The first-order chi connectivity index (χ1) is 18.7. The third-order valence-electron chi connectivity index (χ3n) is 7.03. The molecule has 1 fully saturated rings. The van der Waals surface area contributed by atoms with Crippen LogP contribution < -0.4 is 15.6 Å². The molecule has 2 atom stereocenters. The van der Waals surface area contributed by atoms with Crippen LogP contribution in [-0.4, -0.2) is 36.6 Å². The molecule has 0 saturated heterocycles. The van der Waals surface area contributed by atoms with Gasteiger partial charge in [0.25, 0.3) is 11.4 Å². The normalized spacial score (nSPS) is 17.4. The second-order valence-corrected chi connectivity index (χ2v) is 10.5. The number of pyridine rings is 1. The number of nitrogens with one attached hydrogen (secondary N) is 1. The molecule has 5 rings (SSSR count). The molecule has 4 aromatic rings. The first-order valence-electron chi connectivity index (χ1n) is 13.0. The molecular formula is C28H31ClN6O4. The summed E-state index contributed by atoms with van der Waals surface area (Å²) in [5.41, 5.74) is 1.96. The summed E-state index contributed by atoms with van der Waals surface area (Å²) in [7, 11) is 1.80. The molecule has 0 unspecified atom stereocenters. The summed E-state index contributed by atoms with van der Waals surface area (Å²) in [4.78, 5) is 30.9. The van der Waals surface area contributed by atoms with Gasteiger partial charge in [0.1, 0.15) is 11.3 Å². The number of carbonyl (C=O) groups excluding carboxylic acids is 1. The van der Waals surface area contributed by atoms with Gasteiger partial charge in [-0.2, -0.15) is 0 Å². The van der Waals surface area contributed by atoms with Crippen molar-refractivity contribution < 1.29 is 13.9 Å².